The van der Waals surface area contributed by atoms with Gasteiger partial charge in [0.1, 0.15) is 5.75 Å². The van der Waals surface area contributed by atoms with Gasteiger partial charge in [-0.3, -0.25) is 9.59 Å². The molecule has 0 aliphatic carbocycles. The lowest BCUT2D eigenvalue weighted by atomic mass is 9.67. The second-order valence-corrected chi connectivity index (χ2v) is 6.18. The number of benzene rings is 1. The van der Waals surface area contributed by atoms with Gasteiger partial charge in [-0.15, -0.1) is 0 Å². The molecule has 0 aromatic heterocycles. The number of hydrogen-bond acceptors (Lipinski definition) is 4. The van der Waals surface area contributed by atoms with Crippen LogP contribution in [0.1, 0.15) is 38.7 Å². The summed E-state index contributed by atoms with van der Waals surface area (Å²) < 4.78 is 5.08. The molecule has 23 heavy (non-hydrogen) atoms. The molecule has 2 N–H and O–H groups in total. The summed E-state index contributed by atoms with van der Waals surface area (Å²) in [6.07, 6.45) is -0.150. The fraction of sp³-hybridized carbons (Fsp3) is 0.471. The Bertz CT molecular complexity index is 615. The maximum atomic E-state index is 11.4. The van der Waals surface area contributed by atoms with Crippen molar-refractivity contribution in [3.05, 3.63) is 29.8 Å². The predicted molar refractivity (Wildman–Crippen MR) is 83.2 cm³/mol. The van der Waals surface area contributed by atoms with Crippen LogP contribution >= 0.6 is 0 Å². The minimum Gasteiger partial charge on any atom is -0.497 e. The molecule has 6 nitrogen and oxygen atoms in total. The van der Waals surface area contributed by atoms with Crippen molar-refractivity contribution in [1.29, 1.82) is 5.26 Å². The minimum atomic E-state index is -1.19. The molecule has 1 rings (SSSR count). The Morgan fingerprint density at radius 1 is 1.22 bits per heavy atom. The van der Waals surface area contributed by atoms with Crippen molar-refractivity contribution in [1.82, 2.24) is 0 Å². The second kappa shape index (κ2) is 7.14. The number of carbonyl (C=O) groups is 2. The van der Waals surface area contributed by atoms with Gasteiger partial charge in [0.2, 0.25) is 0 Å². The van der Waals surface area contributed by atoms with Gasteiger partial charge >= 0.3 is 11.9 Å². The topological polar surface area (TPSA) is 108 Å². The first-order valence-electron chi connectivity index (χ1n) is 7.18. The van der Waals surface area contributed by atoms with E-state index in [1.54, 1.807) is 24.3 Å². The molecular weight excluding hydrogens is 298 g/mol. The van der Waals surface area contributed by atoms with Crippen LogP contribution in [0.3, 0.4) is 0 Å². The first-order valence-corrected chi connectivity index (χ1v) is 7.18. The summed E-state index contributed by atoms with van der Waals surface area (Å²) >= 11 is 0. The van der Waals surface area contributed by atoms with Crippen LogP contribution in [0.25, 0.3) is 0 Å². The summed E-state index contributed by atoms with van der Waals surface area (Å²) in [7, 11) is 1.52. The fourth-order valence-corrected chi connectivity index (χ4v) is 2.56. The zero-order chi connectivity index (χ0) is 17.7. The molecule has 0 saturated heterocycles. The van der Waals surface area contributed by atoms with Crippen LogP contribution < -0.4 is 4.74 Å². The highest BCUT2D eigenvalue weighted by molar-refractivity contribution is 5.74. The summed E-state index contributed by atoms with van der Waals surface area (Å²) in [4.78, 5) is 22.4. The van der Waals surface area contributed by atoms with Crippen molar-refractivity contribution in [3.8, 4) is 11.8 Å². The summed E-state index contributed by atoms with van der Waals surface area (Å²) in [5, 5.41) is 28.1. The third-order valence-corrected chi connectivity index (χ3v) is 3.94. The van der Waals surface area contributed by atoms with E-state index in [0.29, 0.717) is 11.3 Å². The maximum absolute atomic E-state index is 11.4. The van der Waals surface area contributed by atoms with Gasteiger partial charge in [-0.1, -0.05) is 12.1 Å². The molecule has 1 atom stereocenters. The normalized spacial score (nSPS) is 13.7. The first-order chi connectivity index (χ1) is 10.7. The standard InChI is InChI=1S/C17H21NO5/c1-16(2,15(21)22)10-17(11-18,9-8-14(19)20)12-4-6-13(23-3)7-5-12/h4-7H,8-10H2,1-3H3,(H,19,20)(H,21,22). The monoisotopic (exact) mass is 319 g/mol. The van der Waals surface area contributed by atoms with Crippen LogP contribution in [0.15, 0.2) is 24.3 Å². The zero-order valence-electron chi connectivity index (χ0n) is 13.5. The van der Waals surface area contributed by atoms with Gasteiger partial charge in [0.15, 0.2) is 0 Å². The molecule has 1 aromatic rings. The van der Waals surface area contributed by atoms with Crippen LogP contribution in [0.5, 0.6) is 5.75 Å². The lowest BCUT2D eigenvalue weighted by Gasteiger charge is -2.33. The number of ether oxygens (including phenoxy) is 1. The summed E-state index contributed by atoms with van der Waals surface area (Å²) in [5.41, 5.74) is -1.75. The lowest BCUT2D eigenvalue weighted by molar-refractivity contribution is -0.147. The van der Waals surface area contributed by atoms with Crippen LogP contribution in [0.4, 0.5) is 0 Å². The molecule has 6 heteroatoms. The molecule has 0 aliphatic heterocycles. The molecule has 0 fully saturated rings. The third-order valence-electron chi connectivity index (χ3n) is 3.94. The number of carboxylic acid groups (broad SMARTS) is 2. The number of hydrogen-bond donors (Lipinski definition) is 2. The molecule has 0 heterocycles. The molecule has 0 aliphatic rings. The molecule has 1 aromatic carbocycles. The number of nitriles is 1. The largest absolute Gasteiger partial charge is 0.497 e. The number of rotatable bonds is 8. The van der Waals surface area contributed by atoms with Crippen LogP contribution in [-0.2, 0) is 15.0 Å². The van der Waals surface area contributed by atoms with Gasteiger partial charge in [-0.2, -0.15) is 5.26 Å². The van der Waals surface area contributed by atoms with Gasteiger partial charge in [0.05, 0.1) is 24.0 Å². The molecule has 124 valence electrons. The van der Waals surface area contributed by atoms with Crippen LogP contribution in [0.2, 0.25) is 0 Å². The Hall–Kier alpha value is -2.55. The van der Waals surface area contributed by atoms with E-state index < -0.39 is 22.8 Å². The maximum Gasteiger partial charge on any atom is 0.309 e. The Morgan fingerprint density at radius 3 is 2.17 bits per heavy atom. The van der Waals surface area contributed by atoms with Gasteiger partial charge in [0, 0.05) is 6.42 Å². The van der Waals surface area contributed by atoms with Crippen molar-refractivity contribution in [2.45, 2.75) is 38.5 Å². The second-order valence-electron chi connectivity index (χ2n) is 6.18. The van der Waals surface area contributed by atoms with Crippen molar-refractivity contribution in [2.75, 3.05) is 7.11 Å². The van der Waals surface area contributed by atoms with E-state index in [2.05, 4.69) is 6.07 Å². The number of aliphatic carboxylic acids is 2. The van der Waals surface area contributed by atoms with E-state index in [4.69, 9.17) is 9.84 Å². The molecule has 0 bridgehead atoms. The van der Waals surface area contributed by atoms with E-state index in [1.807, 2.05) is 0 Å². The Balaban J connectivity index is 3.30. The quantitative estimate of drug-likeness (QED) is 0.763. The molecule has 1 unspecified atom stereocenters. The zero-order valence-corrected chi connectivity index (χ0v) is 13.5. The van der Waals surface area contributed by atoms with Crippen molar-refractivity contribution >= 4 is 11.9 Å². The minimum absolute atomic E-state index is 0.0193. The highest BCUT2D eigenvalue weighted by atomic mass is 16.5. The van der Waals surface area contributed by atoms with Crippen molar-refractivity contribution in [3.63, 3.8) is 0 Å². The van der Waals surface area contributed by atoms with E-state index in [1.165, 1.54) is 21.0 Å². The smallest absolute Gasteiger partial charge is 0.309 e. The predicted octanol–water partition coefficient (Wildman–Crippen LogP) is 2.82. The van der Waals surface area contributed by atoms with Gasteiger partial charge in [0.25, 0.3) is 0 Å². The Morgan fingerprint density at radius 2 is 1.78 bits per heavy atom. The molecular formula is C17H21NO5. The fourth-order valence-electron chi connectivity index (χ4n) is 2.56. The van der Waals surface area contributed by atoms with E-state index in [0.717, 1.165) is 0 Å². The highest BCUT2D eigenvalue weighted by Gasteiger charge is 2.42. The first kappa shape index (κ1) is 18.5. The molecule has 0 radical (unpaired) electrons. The van der Waals surface area contributed by atoms with E-state index >= 15 is 0 Å². The van der Waals surface area contributed by atoms with Crippen molar-refractivity contribution < 1.29 is 24.5 Å². The highest BCUT2D eigenvalue weighted by Crippen LogP contribution is 2.41. The number of carboxylic acids is 2. The Labute approximate surface area is 135 Å². The summed E-state index contributed by atoms with van der Waals surface area (Å²) in [5.74, 6) is -1.44. The van der Waals surface area contributed by atoms with E-state index in [-0.39, 0.29) is 19.3 Å². The third kappa shape index (κ3) is 4.46. The van der Waals surface area contributed by atoms with Crippen LogP contribution in [-0.4, -0.2) is 29.3 Å². The lowest BCUT2D eigenvalue weighted by Crippen LogP contribution is -2.36. The number of nitrogens with zero attached hydrogens (tertiary/aromatic N) is 1. The van der Waals surface area contributed by atoms with Gasteiger partial charge < -0.3 is 14.9 Å². The summed E-state index contributed by atoms with van der Waals surface area (Å²) in [6.45, 7) is 3.07. The van der Waals surface area contributed by atoms with Gasteiger partial charge in [-0.25, -0.2) is 0 Å². The average molecular weight is 319 g/mol. The molecule has 0 amide bonds. The van der Waals surface area contributed by atoms with E-state index in [9.17, 15) is 20.0 Å². The SMILES string of the molecule is COc1ccc(C(C#N)(CCC(=O)O)CC(C)(C)C(=O)O)cc1. The average Bonchev–Trinajstić information content (AvgIpc) is 2.51. The van der Waals surface area contributed by atoms with Gasteiger partial charge in [-0.05, 0) is 44.4 Å². The Kier molecular flexibility index (Phi) is 5.74. The molecule has 0 spiro atoms. The number of methoxy groups -OCH3 is 1. The summed E-state index contributed by atoms with van der Waals surface area (Å²) in [6, 6.07) is 8.89. The molecule has 0 saturated carbocycles. The van der Waals surface area contributed by atoms with Crippen LogP contribution in [0, 0.1) is 16.7 Å². The van der Waals surface area contributed by atoms with Crippen molar-refractivity contribution in [2.24, 2.45) is 5.41 Å².